The van der Waals surface area contributed by atoms with E-state index in [1.165, 1.54) is 11.3 Å². The Bertz CT molecular complexity index is 726. The van der Waals surface area contributed by atoms with Crippen LogP contribution in [0, 0.1) is 6.92 Å². The molecule has 2 amide bonds. The lowest BCUT2D eigenvalue weighted by Gasteiger charge is -2.10. The number of hydrogen-bond donors (Lipinski definition) is 1. The predicted octanol–water partition coefficient (Wildman–Crippen LogP) is 2.47. The van der Waals surface area contributed by atoms with Crippen LogP contribution >= 0.6 is 23.1 Å². The van der Waals surface area contributed by atoms with Crippen LogP contribution in [0.3, 0.4) is 0 Å². The second-order valence-electron chi connectivity index (χ2n) is 5.32. The molecule has 0 radical (unpaired) electrons. The second kappa shape index (κ2) is 7.61. The van der Waals surface area contributed by atoms with E-state index in [1.54, 1.807) is 30.8 Å². The SMILES string of the molecule is Cc1nc(SCc2cccc(C(=O)N(C)C)c2)sc1CC(N)=O. The van der Waals surface area contributed by atoms with Crippen LogP contribution in [0.25, 0.3) is 0 Å². The summed E-state index contributed by atoms with van der Waals surface area (Å²) in [5.74, 6) is 0.367. The number of aromatic nitrogens is 1. The molecular formula is C16H19N3O2S2. The molecule has 0 saturated heterocycles. The first-order chi connectivity index (χ1) is 10.9. The van der Waals surface area contributed by atoms with Gasteiger partial charge in [0.25, 0.3) is 5.91 Å². The molecule has 0 atom stereocenters. The van der Waals surface area contributed by atoms with Crippen LogP contribution in [-0.2, 0) is 17.0 Å². The van der Waals surface area contributed by atoms with E-state index in [4.69, 9.17) is 5.73 Å². The molecule has 1 aromatic heterocycles. The number of rotatable bonds is 6. The molecular weight excluding hydrogens is 330 g/mol. The van der Waals surface area contributed by atoms with Crippen LogP contribution in [0.15, 0.2) is 28.6 Å². The molecule has 0 aliphatic carbocycles. The summed E-state index contributed by atoms with van der Waals surface area (Å²) >= 11 is 3.09. The van der Waals surface area contributed by atoms with Crippen molar-refractivity contribution >= 4 is 34.9 Å². The van der Waals surface area contributed by atoms with E-state index in [0.717, 1.165) is 26.2 Å². The average molecular weight is 349 g/mol. The molecule has 0 fully saturated rings. The molecule has 7 heteroatoms. The van der Waals surface area contributed by atoms with Gasteiger partial charge in [-0.2, -0.15) is 0 Å². The molecule has 0 bridgehead atoms. The summed E-state index contributed by atoms with van der Waals surface area (Å²) in [6, 6.07) is 7.59. The van der Waals surface area contributed by atoms with Crippen molar-refractivity contribution in [1.29, 1.82) is 0 Å². The zero-order chi connectivity index (χ0) is 17.0. The van der Waals surface area contributed by atoms with Crippen LogP contribution in [-0.4, -0.2) is 35.8 Å². The first-order valence-corrected chi connectivity index (χ1v) is 8.85. The number of hydrogen-bond acceptors (Lipinski definition) is 5. The van der Waals surface area contributed by atoms with Gasteiger partial charge >= 0.3 is 0 Å². The highest BCUT2D eigenvalue weighted by Gasteiger charge is 2.12. The number of thioether (sulfide) groups is 1. The lowest BCUT2D eigenvalue weighted by molar-refractivity contribution is -0.117. The van der Waals surface area contributed by atoms with Crippen molar-refractivity contribution in [3.05, 3.63) is 46.0 Å². The van der Waals surface area contributed by atoms with Gasteiger partial charge in [0.1, 0.15) is 0 Å². The maximum atomic E-state index is 12.0. The first-order valence-electron chi connectivity index (χ1n) is 7.05. The Labute approximate surface area is 143 Å². The quantitative estimate of drug-likeness (QED) is 0.813. The standard InChI is InChI=1S/C16H19N3O2S2/c1-10-13(8-14(17)20)23-16(18-10)22-9-11-5-4-6-12(7-11)15(21)19(2)3/h4-7H,8-9H2,1-3H3,(H2,17,20). The molecule has 2 aromatic rings. The van der Waals surface area contributed by atoms with Gasteiger partial charge in [0, 0.05) is 30.3 Å². The van der Waals surface area contributed by atoms with Gasteiger partial charge in [-0.3, -0.25) is 9.59 Å². The van der Waals surface area contributed by atoms with E-state index < -0.39 is 0 Å². The van der Waals surface area contributed by atoms with Crippen molar-refractivity contribution in [3.8, 4) is 0 Å². The number of carbonyl (C=O) groups is 2. The minimum absolute atomic E-state index is 0.00862. The number of nitrogens with zero attached hydrogens (tertiary/aromatic N) is 2. The van der Waals surface area contributed by atoms with Crippen molar-refractivity contribution < 1.29 is 9.59 Å². The van der Waals surface area contributed by atoms with E-state index >= 15 is 0 Å². The molecule has 2 rings (SSSR count). The molecule has 5 nitrogen and oxygen atoms in total. The van der Waals surface area contributed by atoms with E-state index in [-0.39, 0.29) is 18.2 Å². The highest BCUT2D eigenvalue weighted by atomic mass is 32.2. The lowest BCUT2D eigenvalue weighted by Crippen LogP contribution is -2.21. The Kier molecular flexibility index (Phi) is 5.79. The molecule has 0 saturated carbocycles. The van der Waals surface area contributed by atoms with Crippen molar-refractivity contribution in [2.75, 3.05) is 14.1 Å². The van der Waals surface area contributed by atoms with Crippen LogP contribution in [0.5, 0.6) is 0 Å². The van der Waals surface area contributed by atoms with Gasteiger partial charge in [-0.25, -0.2) is 4.98 Å². The zero-order valence-corrected chi connectivity index (χ0v) is 15.0. The molecule has 0 spiro atoms. The summed E-state index contributed by atoms with van der Waals surface area (Å²) in [6.07, 6.45) is 0.233. The third-order valence-electron chi connectivity index (χ3n) is 3.15. The number of primary amides is 1. The van der Waals surface area contributed by atoms with E-state index in [1.807, 2.05) is 31.2 Å². The first kappa shape index (κ1) is 17.5. The molecule has 1 heterocycles. The molecule has 0 aliphatic heterocycles. The molecule has 1 aromatic carbocycles. The van der Waals surface area contributed by atoms with Gasteiger partial charge in [-0.1, -0.05) is 23.9 Å². The van der Waals surface area contributed by atoms with E-state index in [2.05, 4.69) is 4.98 Å². The Morgan fingerprint density at radius 3 is 2.74 bits per heavy atom. The molecule has 122 valence electrons. The van der Waals surface area contributed by atoms with Gasteiger partial charge in [-0.15, -0.1) is 11.3 Å². The number of nitrogens with two attached hydrogens (primary N) is 1. The monoisotopic (exact) mass is 349 g/mol. The predicted molar refractivity (Wildman–Crippen MR) is 93.8 cm³/mol. The van der Waals surface area contributed by atoms with Crippen LogP contribution in [0.4, 0.5) is 0 Å². The maximum Gasteiger partial charge on any atom is 0.253 e. The van der Waals surface area contributed by atoms with Gasteiger partial charge < -0.3 is 10.6 Å². The van der Waals surface area contributed by atoms with Gasteiger partial charge in [0.05, 0.1) is 12.1 Å². The third kappa shape index (κ3) is 4.80. The van der Waals surface area contributed by atoms with Gasteiger partial charge in [-0.05, 0) is 24.6 Å². The second-order valence-corrected chi connectivity index (χ2v) is 7.63. The smallest absolute Gasteiger partial charge is 0.253 e. The van der Waals surface area contributed by atoms with Crippen LogP contribution in [0.2, 0.25) is 0 Å². The summed E-state index contributed by atoms with van der Waals surface area (Å²) in [5.41, 5.74) is 7.83. The van der Waals surface area contributed by atoms with E-state index in [9.17, 15) is 9.59 Å². The van der Waals surface area contributed by atoms with Crippen LogP contribution < -0.4 is 5.73 Å². The molecule has 23 heavy (non-hydrogen) atoms. The summed E-state index contributed by atoms with van der Waals surface area (Å²) < 4.78 is 0.906. The Morgan fingerprint density at radius 2 is 2.09 bits per heavy atom. The van der Waals surface area contributed by atoms with Crippen molar-refractivity contribution in [2.45, 2.75) is 23.4 Å². The minimum Gasteiger partial charge on any atom is -0.369 e. The summed E-state index contributed by atoms with van der Waals surface area (Å²) in [4.78, 5) is 29.9. The lowest BCUT2D eigenvalue weighted by atomic mass is 10.1. The number of carbonyl (C=O) groups excluding carboxylic acids is 2. The largest absolute Gasteiger partial charge is 0.369 e. The topological polar surface area (TPSA) is 76.3 Å². The summed E-state index contributed by atoms with van der Waals surface area (Å²) in [5, 5.41) is 0. The van der Waals surface area contributed by atoms with Gasteiger partial charge in [0.2, 0.25) is 5.91 Å². The Morgan fingerprint density at radius 1 is 1.35 bits per heavy atom. The highest BCUT2D eigenvalue weighted by Crippen LogP contribution is 2.30. The number of aryl methyl sites for hydroxylation is 1. The number of thiazole rings is 1. The minimum atomic E-state index is -0.344. The summed E-state index contributed by atoms with van der Waals surface area (Å²) in [6.45, 7) is 1.88. The Hall–Kier alpha value is -1.86. The molecule has 0 aliphatic rings. The summed E-state index contributed by atoms with van der Waals surface area (Å²) in [7, 11) is 3.48. The maximum absolute atomic E-state index is 12.0. The fourth-order valence-electron chi connectivity index (χ4n) is 1.98. The Balaban J connectivity index is 2.05. The van der Waals surface area contributed by atoms with Crippen LogP contribution in [0.1, 0.15) is 26.5 Å². The third-order valence-corrected chi connectivity index (χ3v) is 5.52. The average Bonchev–Trinajstić information content (AvgIpc) is 2.84. The fraction of sp³-hybridized carbons (Fsp3) is 0.312. The van der Waals surface area contributed by atoms with Crippen molar-refractivity contribution in [1.82, 2.24) is 9.88 Å². The molecule has 0 unspecified atom stereocenters. The number of amides is 2. The zero-order valence-electron chi connectivity index (χ0n) is 13.3. The van der Waals surface area contributed by atoms with Gasteiger partial charge in [0.15, 0.2) is 4.34 Å². The number of benzene rings is 1. The molecule has 2 N–H and O–H groups in total. The highest BCUT2D eigenvalue weighted by molar-refractivity contribution is 8.00. The van der Waals surface area contributed by atoms with Crippen molar-refractivity contribution in [3.63, 3.8) is 0 Å². The normalized spacial score (nSPS) is 10.6. The van der Waals surface area contributed by atoms with E-state index in [0.29, 0.717) is 5.56 Å². The van der Waals surface area contributed by atoms with Crippen molar-refractivity contribution in [2.24, 2.45) is 5.73 Å². The fourth-order valence-corrected chi connectivity index (χ4v) is 4.17.